The summed E-state index contributed by atoms with van der Waals surface area (Å²) in [7, 11) is 0. The predicted molar refractivity (Wildman–Crippen MR) is 110 cm³/mol. The average molecular weight is 416 g/mol. The number of nitrogens with two attached hydrogens (primary N) is 2. The molecular formula is C19H37N5O5. The number of carbonyl (C=O) groups excluding carboxylic acids is 3. The number of hydrogen-bond acceptors (Lipinski definition) is 6. The van der Waals surface area contributed by atoms with Crippen molar-refractivity contribution >= 4 is 23.7 Å². The molecule has 3 amide bonds. The monoisotopic (exact) mass is 415 g/mol. The summed E-state index contributed by atoms with van der Waals surface area (Å²) in [5.41, 5.74) is 10.7. The van der Waals surface area contributed by atoms with Crippen LogP contribution in [0.2, 0.25) is 0 Å². The molecule has 0 aromatic heterocycles. The van der Waals surface area contributed by atoms with Crippen LogP contribution in [0.5, 0.6) is 0 Å². The van der Waals surface area contributed by atoms with Gasteiger partial charge in [0.05, 0.1) is 6.04 Å². The minimum Gasteiger partial charge on any atom is -0.481 e. The molecule has 168 valence electrons. The van der Waals surface area contributed by atoms with E-state index in [0.29, 0.717) is 25.9 Å². The number of carbonyl (C=O) groups is 4. The van der Waals surface area contributed by atoms with Crippen LogP contribution >= 0.6 is 0 Å². The molecule has 0 radical (unpaired) electrons. The molecule has 1 rings (SSSR count). The van der Waals surface area contributed by atoms with Crippen LogP contribution in [0.15, 0.2) is 0 Å². The van der Waals surface area contributed by atoms with Crippen LogP contribution in [0.25, 0.3) is 0 Å². The molecule has 0 aromatic carbocycles. The third kappa shape index (κ3) is 10.8. The Bertz CT molecular complexity index is 551. The van der Waals surface area contributed by atoms with Crippen molar-refractivity contribution in [3.63, 3.8) is 0 Å². The quantitative estimate of drug-likeness (QED) is 0.301. The minimum atomic E-state index is -0.833. The predicted octanol–water partition coefficient (Wildman–Crippen LogP) is -0.446. The van der Waals surface area contributed by atoms with Gasteiger partial charge in [-0.05, 0) is 39.2 Å². The van der Waals surface area contributed by atoms with Gasteiger partial charge in [0.25, 0.3) is 5.97 Å². The van der Waals surface area contributed by atoms with Gasteiger partial charge in [-0.1, -0.05) is 20.3 Å². The van der Waals surface area contributed by atoms with E-state index < -0.39 is 24.0 Å². The molecule has 29 heavy (non-hydrogen) atoms. The summed E-state index contributed by atoms with van der Waals surface area (Å²) in [5, 5.41) is 13.3. The first kappa shape index (κ1) is 26.8. The van der Waals surface area contributed by atoms with Gasteiger partial charge in [-0.2, -0.15) is 0 Å². The van der Waals surface area contributed by atoms with Crippen molar-refractivity contribution in [3.05, 3.63) is 0 Å². The van der Waals surface area contributed by atoms with E-state index >= 15 is 0 Å². The van der Waals surface area contributed by atoms with Gasteiger partial charge in [0, 0.05) is 19.5 Å². The van der Waals surface area contributed by atoms with Crippen LogP contribution in [0.4, 0.5) is 0 Å². The number of rotatable bonds is 10. The number of nitrogens with one attached hydrogen (secondary N) is 2. The molecule has 1 aliphatic heterocycles. The Balaban J connectivity index is 0.00000178. The maximum absolute atomic E-state index is 13.0. The fourth-order valence-corrected chi connectivity index (χ4v) is 3.06. The van der Waals surface area contributed by atoms with Crippen LogP contribution in [-0.4, -0.2) is 71.0 Å². The number of likely N-dealkylation sites (tertiary alicyclic amines) is 1. The molecule has 7 N–H and O–H groups in total. The lowest BCUT2D eigenvalue weighted by atomic mass is 10.1. The first-order valence-corrected chi connectivity index (χ1v) is 10.1. The van der Waals surface area contributed by atoms with Gasteiger partial charge in [0.1, 0.15) is 12.1 Å². The van der Waals surface area contributed by atoms with Crippen molar-refractivity contribution in [2.45, 2.75) is 84.0 Å². The first-order valence-electron chi connectivity index (χ1n) is 10.1. The Labute approximate surface area is 172 Å². The number of carboxylic acid groups (broad SMARTS) is 1. The largest absolute Gasteiger partial charge is 0.481 e. The van der Waals surface area contributed by atoms with Crippen molar-refractivity contribution in [2.24, 2.45) is 11.5 Å². The third-order valence-electron chi connectivity index (χ3n) is 4.40. The lowest BCUT2D eigenvalue weighted by Crippen LogP contribution is -2.55. The molecule has 3 atom stereocenters. The highest BCUT2D eigenvalue weighted by atomic mass is 16.4. The smallest absolute Gasteiger partial charge is 0.300 e. The fourth-order valence-electron chi connectivity index (χ4n) is 3.06. The molecule has 0 saturated carbocycles. The number of aliphatic carboxylic acids is 1. The second-order valence-corrected chi connectivity index (χ2v) is 7.50. The SMILES string of the molecule is CC(=O)O.CC(C)N[C@@H](CCCCN)C(=O)N1CCC[C@H]1C(=O)N[C@H](C)C(N)=O. The van der Waals surface area contributed by atoms with Gasteiger partial charge < -0.3 is 32.1 Å². The van der Waals surface area contributed by atoms with Crippen LogP contribution in [0.1, 0.15) is 59.8 Å². The fraction of sp³-hybridized carbons (Fsp3) is 0.789. The van der Waals surface area contributed by atoms with E-state index in [-0.39, 0.29) is 23.9 Å². The Morgan fingerprint density at radius 2 is 1.76 bits per heavy atom. The van der Waals surface area contributed by atoms with Gasteiger partial charge in [-0.3, -0.25) is 19.2 Å². The average Bonchev–Trinajstić information content (AvgIpc) is 3.09. The van der Waals surface area contributed by atoms with Crippen LogP contribution < -0.4 is 22.1 Å². The van der Waals surface area contributed by atoms with E-state index in [2.05, 4.69) is 10.6 Å². The highest BCUT2D eigenvalue weighted by Gasteiger charge is 2.37. The van der Waals surface area contributed by atoms with E-state index in [0.717, 1.165) is 26.2 Å². The topological polar surface area (TPSA) is 168 Å². The molecule has 0 unspecified atom stereocenters. The van der Waals surface area contributed by atoms with Gasteiger partial charge in [-0.15, -0.1) is 0 Å². The standard InChI is InChI=1S/C17H33N5O3.C2H4O2/c1-11(2)20-13(7-4-5-9-18)17(25)22-10-6-8-14(22)16(24)21-12(3)15(19)23;1-2(3)4/h11-14,20H,4-10,18H2,1-3H3,(H2,19,23)(H,21,24);1H3,(H,3,4)/t12-,13+,14+;/m1./s1. The van der Waals surface area contributed by atoms with E-state index in [9.17, 15) is 14.4 Å². The molecule has 0 aliphatic carbocycles. The molecule has 1 saturated heterocycles. The number of unbranched alkanes of at least 4 members (excludes halogenated alkanes) is 1. The van der Waals surface area contributed by atoms with E-state index in [1.54, 1.807) is 4.90 Å². The van der Waals surface area contributed by atoms with E-state index in [4.69, 9.17) is 21.4 Å². The second kappa shape index (κ2) is 13.9. The molecule has 10 heteroatoms. The summed E-state index contributed by atoms with van der Waals surface area (Å²) < 4.78 is 0. The van der Waals surface area contributed by atoms with Gasteiger partial charge in [0.2, 0.25) is 17.7 Å². The molecule has 10 nitrogen and oxygen atoms in total. The maximum Gasteiger partial charge on any atom is 0.300 e. The molecule has 1 heterocycles. The second-order valence-electron chi connectivity index (χ2n) is 7.50. The molecule has 1 aliphatic rings. The molecule has 0 aromatic rings. The van der Waals surface area contributed by atoms with Crippen molar-refractivity contribution in [1.29, 1.82) is 0 Å². The van der Waals surface area contributed by atoms with Crippen LogP contribution in [0.3, 0.4) is 0 Å². The normalized spacial score (nSPS) is 17.9. The van der Waals surface area contributed by atoms with Gasteiger partial charge >= 0.3 is 0 Å². The lowest BCUT2D eigenvalue weighted by Gasteiger charge is -2.30. The maximum atomic E-state index is 13.0. The van der Waals surface area contributed by atoms with E-state index in [1.807, 2.05) is 13.8 Å². The summed E-state index contributed by atoms with van der Waals surface area (Å²) in [5.74, 6) is -1.80. The minimum absolute atomic E-state index is 0.0601. The van der Waals surface area contributed by atoms with Crippen LogP contribution in [0, 0.1) is 0 Å². The zero-order valence-corrected chi connectivity index (χ0v) is 17.9. The molecule has 0 bridgehead atoms. The number of amides is 3. The highest BCUT2D eigenvalue weighted by molar-refractivity contribution is 5.93. The van der Waals surface area contributed by atoms with Gasteiger partial charge in [-0.25, -0.2) is 0 Å². The van der Waals surface area contributed by atoms with Crippen molar-refractivity contribution in [3.8, 4) is 0 Å². The lowest BCUT2D eigenvalue weighted by molar-refractivity contribution is -0.141. The van der Waals surface area contributed by atoms with Crippen molar-refractivity contribution in [2.75, 3.05) is 13.1 Å². The van der Waals surface area contributed by atoms with Gasteiger partial charge in [0.15, 0.2) is 0 Å². The van der Waals surface area contributed by atoms with E-state index in [1.165, 1.54) is 6.92 Å². The Morgan fingerprint density at radius 3 is 2.24 bits per heavy atom. The zero-order valence-electron chi connectivity index (χ0n) is 17.9. The Kier molecular flexibility index (Phi) is 12.8. The van der Waals surface area contributed by atoms with Crippen molar-refractivity contribution in [1.82, 2.24) is 15.5 Å². The first-order chi connectivity index (χ1) is 13.5. The zero-order chi connectivity index (χ0) is 22.6. The van der Waals surface area contributed by atoms with Crippen LogP contribution in [-0.2, 0) is 19.2 Å². The Morgan fingerprint density at radius 1 is 1.17 bits per heavy atom. The number of carboxylic acids is 1. The summed E-state index contributed by atoms with van der Waals surface area (Å²) in [6.07, 6.45) is 3.78. The van der Waals surface area contributed by atoms with Crippen molar-refractivity contribution < 1.29 is 24.3 Å². The summed E-state index contributed by atoms with van der Waals surface area (Å²) in [4.78, 5) is 47.2. The molecule has 1 fully saturated rings. The number of primary amides is 1. The number of nitrogens with zero attached hydrogens (tertiary/aromatic N) is 1. The molecular weight excluding hydrogens is 378 g/mol. The third-order valence-corrected chi connectivity index (χ3v) is 4.40. The summed E-state index contributed by atoms with van der Waals surface area (Å²) in [6.45, 7) is 7.76. The highest BCUT2D eigenvalue weighted by Crippen LogP contribution is 2.20. The number of hydrogen-bond donors (Lipinski definition) is 5. The summed E-state index contributed by atoms with van der Waals surface area (Å²) in [6, 6.07) is -1.45. The Hall–Kier alpha value is -2.20. The molecule has 0 spiro atoms. The summed E-state index contributed by atoms with van der Waals surface area (Å²) >= 11 is 0.